The summed E-state index contributed by atoms with van der Waals surface area (Å²) >= 11 is 0. The molecular formula is C27H35NO6S. The van der Waals surface area contributed by atoms with Gasteiger partial charge in [-0.15, -0.1) is 0 Å². The monoisotopic (exact) mass is 501 g/mol. The van der Waals surface area contributed by atoms with Crippen molar-refractivity contribution in [3.05, 3.63) is 35.4 Å². The molecule has 190 valence electrons. The van der Waals surface area contributed by atoms with E-state index in [0.717, 1.165) is 38.5 Å². The number of nitrogens with two attached hydrogens (primary N) is 1. The van der Waals surface area contributed by atoms with Crippen LogP contribution in [0.25, 0.3) is 0 Å². The van der Waals surface area contributed by atoms with Crippen LogP contribution in [0.15, 0.2) is 34.7 Å². The van der Waals surface area contributed by atoms with E-state index in [0.29, 0.717) is 36.0 Å². The van der Waals surface area contributed by atoms with Crippen molar-refractivity contribution < 1.29 is 27.5 Å². The molecule has 4 aliphatic rings. The van der Waals surface area contributed by atoms with Gasteiger partial charge in [0, 0.05) is 11.8 Å². The topological polar surface area (TPSA) is 113 Å². The van der Waals surface area contributed by atoms with E-state index in [-0.39, 0.29) is 33.5 Å². The van der Waals surface area contributed by atoms with Crippen molar-refractivity contribution in [2.45, 2.75) is 69.8 Å². The van der Waals surface area contributed by atoms with Gasteiger partial charge in [-0.1, -0.05) is 19.4 Å². The van der Waals surface area contributed by atoms with Gasteiger partial charge in [0.1, 0.15) is 17.4 Å². The first-order valence-electron chi connectivity index (χ1n) is 12.7. The Hall–Kier alpha value is -2.19. The van der Waals surface area contributed by atoms with Crippen molar-refractivity contribution in [3.8, 4) is 5.75 Å². The second-order valence-electron chi connectivity index (χ2n) is 11.2. The minimum atomic E-state index is -3.96. The lowest BCUT2D eigenvalue weighted by molar-refractivity contribution is -0.116. The Balaban J connectivity index is 1.38. The fourth-order valence-corrected chi connectivity index (χ4v) is 8.40. The maximum atomic E-state index is 13.3. The lowest BCUT2D eigenvalue weighted by Gasteiger charge is -2.55. The molecule has 0 radical (unpaired) electrons. The second kappa shape index (κ2) is 8.73. The van der Waals surface area contributed by atoms with Gasteiger partial charge in [0.2, 0.25) is 10.0 Å². The second-order valence-corrected chi connectivity index (χ2v) is 12.8. The minimum Gasteiger partial charge on any atom is -0.496 e. The van der Waals surface area contributed by atoms with Crippen molar-refractivity contribution in [1.82, 2.24) is 0 Å². The lowest BCUT2D eigenvalue weighted by Crippen LogP contribution is -2.49. The summed E-state index contributed by atoms with van der Waals surface area (Å²) in [5.41, 5.74) is 1.33. The number of fused-ring (bicyclic) bond motifs is 5. The van der Waals surface area contributed by atoms with Crippen LogP contribution in [0.1, 0.15) is 69.2 Å². The van der Waals surface area contributed by atoms with Crippen LogP contribution in [0.2, 0.25) is 0 Å². The number of hydrogen-bond donors (Lipinski definition) is 1. The molecule has 3 saturated carbocycles. The van der Waals surface area contributed by atoms with E-state index in [9.17, 15) is 18.0 Å². The largest absolute Gasteiger partial charge is 0.496 e. The van der Waals surface area contributed by atoms with Gasteiger partial charge in [-0.3, -0.25) is 4.79 Å². The first-order chi connectivity index (χ1) is 16.5. The number of ether oxygens (including phenoxy) is 2. The van der Waals surface area contributed by atoms with Crippen LogP contribution in [-0.4, -0.2) is 33.4 Å². The molecule has 8 heteroatoms. The van der Waals surface area contributed by atoms with Crippen molar-refractivity contribution in [1.29, 1.82) is 0 Å². The molecule has 1 aromatic carbocycles. The van der Waals surface area contributed by atoms with Gasteiger partial charge in [-0.2, -0.15) is 0 Å². The molecule has 5 rings (SSSR count). The average molecular weight is 502 g/mol. The van der Waals surface area contributed by atoms with Crippen molar-refractivity contribution in [2.24, 2.45) is 40.1 Å². The van der Waals surface area contributed by atoms with E-state index >= 15 is 0 Å². The number of allylic oxidation sites excluding steroid dienone is 1. The molecule has 0 aliphatic heterocycles. The number of sulfonamides is 1. The molecule has 2 N–H and O–H groups in total. The van der Waals surface area contributed by atoms with E-state index in [1.54, 1.807) is 0 Å². The highest BCUT2D eigenvalue weighted by Crippen LogP contribution is 2.63. The van der Waals surface area contributed by atoms with Gasteiger partial charge < -0.3 is 9.47 Å². The highest BCUT2D eigenvalue weighted by molar-refractivity contribution is 7.89. The Morgan fingerprint density at radius 3 is 2.63 bits per heavy atom. The van der Waals surface area contributed by atoms with E-state index in [1.807, 2.05) is 6.08 Å². The third kappa shape index (κ3) is 4.12. The number of hydrogen-bond acceptors (Lipinski definition) is 6. The SMILES string of the molecule is COc1ccc(S(N)(=O)=O)cc1C(=O)O[C@H]1CCC2C3C[C@H](C)C4=CC(=O)CC[C@@H]4C3CC[C@@]21C. The molecule has 0 aromatic heterocycles. The fraction of sp³-hybridized carbons (Fsp3) is 0.630. The van der Waals surface area contributed by atoms with E-state index in [2.05, 4.69) is 13.8 Å². The van der Waals surface area contributed by atoms with E-state index < -0.39 is 16.0 Å². The smallest absolute Gasteiger partial charge is 0.342 e. The van der Waals surface area contributed by atoms with E-state index in [1.165, 1.54) is 30.9 Å². The van der Waals surface area contributed by atoms with Crippen LogP contribution in [0.4, 0.5) is 0 Å². The third-order valence-corrected chi connectivity index (χ3v) is 10.5. The van der Waals surface area contributed by atoms with Crippen molar-refractivity contribution in [3.63, 3.8) is 0 Å². The summed E-state index contributed by atoms with van der Waals surface area (Å²) in [5.74, 6) is 2.54. The summed E-state index contributed by atoms with van der Waals surface area (Å²) in [7, 11) is -2.53. The zero-order valence-corrected chi connectivity index (χ0v) is 21.5. The van der Waals surface area contributed by atoms with Crippen molar-refractivity contribution in [2.75, 3.05) is 7.11 Å². The maximum absolute atomic E-state index is 13.3. The summed E-state index contributed by atoms with van der Waals surface area (Å²) < 4.78 is 35.1. The zero-order chi connectivity index (χ0) is 25.1. The van der Waals surface area contributed by atoms with Gasteiger partial charge >= 0.3 is 5.97 Å². The molecule has 4 aliphatic carbocycles. The number of benzene rings is 1. The quantitative estimate of drug-likeness (QED) is 0.617. The average Bonchev–Trinajstić information content (AvgIpc) is 3.14. The van der Waals surface area contributed by atoms with Crippen LogP contribution in [0.3, 0.4) is 0 Å². The number of methoxy groups -OCH3 is 1. The van der Waals surface area contributed by atoms with Crippen LogP contribution < -0.4 is 9.88 Å². The van der Waals surface area contributed by atoms with E-state index in [4.69, 9.17) is 14.6 Å². The molecule has 3 unspecified atom stereocenters. The van der Waals surface area contributed by atoms with Gasteiger partial charge in [-0.25, -0.2) is 18.4 Å². The Bertz CT molecular complexity index is 1190. The first kappa shape index (κ1) is 24.5. The summed E-state index contributed by atoms with van der Waals surface area (Å²) in [6.45, 7) is 4.52. The van der Waals surface area contributed by atoms with Crippen LogP contribution in [-0.2, 0) is 19.6 Å². The molecule has 7 nitrogen and oxygen atoms in total. The van der Waals surface area contributed by atoms with Crippen LogP contribution in [0.5, 0.6) is 5.75 Å². The summed E-state index contributed by atoms with van der Waals surface area (Å²) in [6, 6.07) is 4.00. The molecule has 0 heterocycles. The molecule has 7 atom stereocenters. The third-order valence-electron chi connectivity index (χ3n) is 9.54. The molecule has 3 fully saturated rings. The van der Waals surface area contributed by atoms with Crippen LogP contribution >= 0.6 is 0 Å². The Morgan fingerprint density at radius 1 is 1.14 bits per heavy atom. The normalized spacial score (nSPS) is 36.5. The fourth-order valence-electron chi connectivity index (χ4n) is 7.86. The molecule has 1 aromatic rings. The van der Waals surface area contributed by atoms with Gasteiger partial charge in [0.25, 0.3) is 0 Å². The van der Waals surface area contributed by atoms with Gasteiger partial charge in [-0.05, 0) is 92.4 Å². The highest BCUT2D eigenvalue weighted by Gasteiger charge is 2.58. The summed E-state index contributed by atoms with van der Waals surface area (Å²) in [5, 5.41) is 5.27. The Labute approximate surface area is 207 Å². The lowest BCUT2D eigenvalue weighted by atomic mass is 9.50. The zero-order valence-electron chi connectivity index (χ0n) is 20.7. The minimum absolute atomic E-state index is 0.0766. The Morgan fingerprint density at radius 2 is 1.91 bits per heavy atom. The Kier molecular flexibility index (Phi) is 6.11. The van der Waals surface area contributed by atoms with Gasteiger partial charge in [0.05, 0.1) is 12.0 Å². The van der Waals surface area contributed by atoms with Gasteiger partial charge in [0.15, 0.2) is 5.78 Å². The van der Waals surface area contributed by atoms with Crippen LogP contribution in [0, 0.1) is 35.0 Å². The summed E-state index contributed by atoms with van der Waals surface area (Å²) in [4.78, 5) is 25.2. The van der Waals surface area contributed by atoms with Crippen molar-refractivity contribution >= 4 is 21.8 Å². The molecule has 0 bridgehead atoms. The first-order valence-corrected chi connectivity index (χ1v) is 14.2. The number of rotatable bonds is 4. The molecule has 35 heavy (non-hydrogen) atoms. The number of carbonyl (C=O) groups excluding carboxylic acids is 2. The standard InChI is InChI=1S/C27H35NO6S/c1-15-12-21-19(18-6-4-16(29)13-20(15)18)10-11-27(2)23(21)7-9-25(27)34-26(30)22-14-17(35(28,31)32)5-8-24(22)33-3/h5,8,13-15,18-19,21,23,25H,4,6-7,9-12H2,1-3H3,(H2,28,31,32)/t15-,18+,19?,21?,23?,25-,27-/m0/s1. The number of carbonyl (C=O) groups is 2. The molecule has 0 amide bonds. The number of esters is 1. The molecule has 0 saturated heterocycles. The summed E-state index contributed by atoms with van der Waals surface area (Å²) in [6.07, 6.45) is 8.30. The molecular weight excluding hydrogens is 466 g/mol. The predicted molar refractivity (Wildman–Crippen MR) is 130 cm³/mol. The number of ketones is 1. The molecule has 0 spiro atoms. The number of primary sulfonamides is 1. The predicted octanol–water partition coefficient (Wildman–Crippen LogP) is 4.26. The highest BCUT2D eigenvalue weighted by atomic mass is 32.2. The maximum Gasteiger partial charge on any atom is 0.342 e.